The maximum Gasteiger partial charge on any atom is 0.341 e. The van der Waals surface area contributed by atoms with Crippen LogP contribution in [0.4, 0.5) is 0 Å². The zero-order chi connectivity index (χ0) is 19.7. The number of para-hydroxylation sites is 1. The lowest BCUT2D eigenvalue weighted by molar-refractivity contribution is -0.139. The van der Waals surface area contributed by atoms with Crippen LogP contribution in [-0.2, 0) is 16.0 Å². The van der Waals surface area contributed by atoms with Gasteiger partial charge in [0.1, 0.15) is 5.69 Å². The first-order chi connectivity index (χ1) is 13.6. The molecule has 0 unspecified atom stereocenters. The fourth-order valence-corrected chi connectivity index (χ4v) is 3.25. The Balaban J connectivity index is 2.06. The second kappa shape index (κ2) is 7.15. The summed E-state index contributed by atoms with van der Waals surface area (Å²) >= 11 is 0. The lowest BCUT2D eigenvalue weighted by Crippen LogP contribution is -2.16. The number of hydrogen-bond donors (Lipinski definition) is 0. The van der Waals surface area contributed by atoms with Gasteiger partial charge in [-0.1, -0.05) is 48.5 Å². The van der Waals surface area contributed by atoms with Gasteiger partial charge in [-0.15, -0.1) is 0 Å². The summed E-state index contributed by atoms with van der Waals surface area (Å²) in [6.45, 7) is 1.81. The molecule has 4 aromatic rings. The van der Waals surface area contributed by atoms with Gasteiger partial charge in [-0.05, 0) is 24.6 Å². The summed E-state index contributed by atoms with van der Waals surface area (Å²) in [7, 11) is 1.29. The highest BCUT2D eigenvalue weighted by molar-refractivity contribution is 5.94. The predicted octanol–water partition coefficient (Wildman–Crippen LogP) is 3.67. The molecule has 140 valence electrons. The molecule has 0 saturated carbocycles. The number of aromatic nitrogens is 2. The monoisotopic (exact) mass is 374 g/mol. The molecule has 0 aliphatic carbocycles. The SMILES string of the molecule is COC(=O)Cc1c(C)c2c(-c3ccccc3)nn(-c3ccccc3)c2oc1=O. The number of nitrogens with zero attached hydrogens (tertiary/aromatic N) is 2. The Labute approximate surface area is 161 Å². The minimum absolute atomic E-state index is 0.147. The summed E-state index contributed by atoms with van der Waals surface area (Å²) in [5.41, 5.74) is 3.09. The summed E-state index contributed by atoms with van der Waals surface area (Å²) in [4.78, 5) is 24.4. The van der Waals surface area contributed by atoms with Gasteiger partial charge in [0.25, 0.3) is 0 Å². The molecule has 4 rings (SSSR count). The van der Waals surface area contributed by atoms with Gasteiger partial charge in [-0.3, -0.25) is 4.79 Å². The molecule has 0 aliphatic heterocycles. The van der Waals surface area contributed by atoms with Crippen LogP contribution in [0.3, 0.4) is 0 Å². The van der Waals surface area contributed by atoms with Crippen molar-refractivity contribution in [3.63, 3.8) is 0 Å². The standard InChI is InChI=1S/C22H18N2O4/c1-14-17(13-18(25)27-2)22(26)28-21-19(14)20(15-9-5-3-6-10-15)23-24(21)16-11-7-4-8-12-16/h3-12H,13H2,1-2H3. The number of aryl methyl sites for hydroxylation is 1. The zero-order valence-electron chi connectivity index (χ0n) is 15.5. The van der Waals surface area contributed by atoms with Crippen molar-refractivity contribution >= 4 is 17.1 Å². The van der Waals surface area contributed by atoms with E-state index in [2.05, 4.69) is 0 Å². The lowest BCUT2D eigenvalue weighted by atomic mass is 10.0. The number of ether oxygens (including phenoxy) is 1. The quantitative estimate of drug-likeness (QED) is 0.510. The highest BCUT2D eigenvalue weighted by Gasteiger charge is 2.23. The Bertz CT molecular complexity index is 1210. The molecular weight excluding hydrogens is 356 g/mol. The van der Waals surface area contributed by atoms with E-state index in [4.69, 9.17) is 14.3 Å². The minimum atomic E-state index is -0.563. The van der Waals surface area contributed by atoms with Gasteiger partial charge in [0, 0.05) is 5.56 Å². The van der Waals surface area contributed by atoms with Gasteiger partial charge >= 0.3 is 11.6 Å². The molecule has 0 bridgehead atoms. The van der Waals surface area contributed by atoms with Gasteiger partial charge in [-0.2, -0.15) is 9.78 Å². The molecule has 2 aromatic heterocycles. The Hall–Kier alpha value is -3.67. The maximum atomic E-state index is 12.6. The second-order valence-corrected chi connectivity index (χ2v) is 6.39. The third kappa shape index (κ3) is 2.99. The van der Waals surface area contributed by atoms with E-state index in [-0.39, 0.29) is 12.0 Å². The zero-order valence-corrected chi connectivity index (χ0v) is 15.5. The lowest BCUT2D eigenvalue weighted by Gasteiger charge is -2.06. The third-order valence-corrected chi connectivity index (χ3v) is 4.70. The Morgan fingerprint density at radius 2 is 1.71 bits per heavy atom. The molecule has 0 aliphatic rings. The Morgan fingerprint density at radius 3 is 2.36 bits per heavy atom. The summed E-state index contributed by atoms with van der Waals surface area (Å²) in [6, 6.07) is 19.1. The van der Waals surface area contributed by atoms with Crippen molar-refractivity contribution in [1.82, 2.24) is 9.78 Å². The van der Waals surface area contributed by atoms with E-state index >= 15 is 0 Å². The van der Waals surface area contributed by atoms with Crippen LogP contribution in [-0.4, -0.2) is 22.9 Å². The fourth-order valence-electron chi connectivity index (χ4n) is 3.25. The molecule has 0 fully saturated rings. The number of methoxy groups -OCH3 is 1. The van der Waals surface area contributed by atoms with Crippen molar-refractivity contribution in [2.75, 3.05) is 7.11 Å². The average Bonchev–Trinajstić information content (AvgIpc) is 3.11. The Morgan fingerprint density at radius 1 is 1.07 bits per heavy atom. The number of hydrogen-bond acceptors (Lipinski definition) is 5. The van der Waals surface area contributed by atoms with Crippen LogP contribution in [0.15, 0.2) is 69.9 Å². The third-order valence-electron chi connectivity index (χ3n) is 4.70. The van der Waals surface area contributed by atoms with E-state index in [1.807, 2.05) is 60.7 Å². The van der Waals surface area contributed by atoms with E-state index in [9.17, 15) is 9.59 Å². The topological polar surface area (TPSA) is 74.3 Å². The van der Waals surface area contributed by atoms with Crippen LogP contribution in [0.1, 0.15) is 11.1 Å². The molecule has 0 saturated heterocycles. The summed E-state index contributed by atoms with van der Waals surface area (Å²) < 4.78 is 12.0. The number of fused-ring (bicyclic) bond motifs is 1. The van der Waals surface area contributed by atoms with Crippen LogP contribution >= 0.6 is 0 Å². The van der Waals surface area contributed by atoms with Crippen molar-refractivity contribution < 1.29 is 13.9 Å². The fraction of sp³-hybridized carbons (Fsp3) is 0.136. The van der Waals surface area contributed by atoms with Crippen molar-refractivity contribution in [3.8, 4) is 16.9 Å². The van der Waals surface area contributed by atoms with Crippen molar-refractivity contribution in [2.24, 2.45) is 0 Å². The normalized spacial score (nSPS) is 10.9. The minimum Gasteiger partial charge on any atom is -0.469 e. The summed E-state index contributed by atoms with van der Waals surface area (Å²) in [6.07, 6.45) is -0.147. The van der Waals surface area contributed by atoms with Gasteiger partial charge < -0.3 is 9.15 Å². The van der Waals surface area contributed by atoms with Crippen LogP contribution in [0, 0.1) is 6.92 Å². The van der Waals surface area contributed by atoms with E-state index < -0.39 is 11.6 Å². The smallest absolute Gasteiger partial charge is 0.341 e. The van der Waals surface area contributed by atoms with Gasteiger partial charge in [0.2, 0.25) is 5.71 Å². The number of rotatable bonds is 4. The molecule has 6 heteroatoms. The van der Waals surface area contributed by atoms with Crippen LogP contribution in [0.5, 0.6) is 0 Å². The average molecular weight is 374 g/mol. The highest BCUT2D eigenvalue weighted by Crippen LogP contribution is 2.32. The molecule has 0 spiro atoms. The molecule has 2 heterocycles. The van der Waals surface area contributed by atoms with Gasteiger partial charge in [0.15, 0.2) is 0 Å². The molecule has 0 radical (unpaired) electrons. The van der Waals surface area contributed by atoms with E-state index in [0.29, 0.717) is 22.4 Å². The molecule has 0 amide bonds. The van der Waals surface area contributed by atoms with Crippen LogP contribution < -0.4 is 5.63 Å². The van der Waals surface area contributed by atoms with Gasteiger partial charge in [0.05, 0.1) is 30.2 Å². The molecular formula is C22H18N2O4. The molecule has 0 atom stereocenters. The first-order valence-corrected chi connectivity index (χ1v) is 8.83. The number of carbonyl (C=O) groups excluding carboxylic acids is 1. The maximum absolute atomic E-state index is 12.6. The van der Waals surface area contributed by atoms with Crippen molar-refractivity contribution in [2.45, 2.75) is 13.3 Å². The van der Waals surface area contributed by atoms with E-state index in [1.54, 1.807) is 11.6 Å². The van der Waals surface area contributed by atoms with Crippen LogP contribution in [0.25, 0.3) is 28.0 Å². The van der Waals surface area contributed by atoms with Crippen molar-refractivity contribution in [3.05, 3.63) is 82.2 Å². The number of carbonyl (C=O) groups is 1. The second-order valence-electron chi connectivity index (χ2n) is 6.39. The molecule has 6 nitrogen and oxygen atoms in total. The largest absolute Gasteiger partial charge is 0.469 e. The first kappa shape index (κ1) is 17.7. The molecule has 2 aromatic carbocycles. The first-order valence-electron chi connectivity index (χ1n) is 8.83. The van der Waals surface area contributed by atoms with Gasteiger partial charge in [-0.25, -0.2) is 4.79 Å². The Kier molecular flexibility index (Phi) is 4.53. The van der Waals surface area contributed by atoms with E-state index in [1.165, 1.54) is 7.11 Å². The van der Waals surface area contributed by atoms with Crippen molar-refractivity contribution in [1.29, 1.82) is 0 Å². The number of esters is 1. The molecule has 28 heavy (non-hydrogen) atoms. The predicted molar refractivity (Wildman–Crippen MR) is 105 cm³/mol. The summed E-state index contributed by atoms with van der Waals surface area (Å²) in [5.74, 6) is -0.494. The van der Waals surface area contributed by atoms with E-state index in [0.717, 1.165) is 11.3 Å². The number of benzene rings is 2. The van der Waals surface area contributed by atoms with Crippen LogP contribution in [0.2, 0.25) is 0 Å². The highest BCUT2D eigenvalue weighted by atomic mass is 16.5. The summed E-state index contributed by atoms with van der Waals surface area (Å²) in [5, 5.41) is 5.44. The molecule has 0 N–H and O–H groups in total.